The lowest BCUT2D eigenvalue weighted by atomic mass is 10.1. The number of hydrogen-bond donors (Lipinski definition) is 1. The van der Waals surface area contributed by atoms with E-state index in [0.717, 1.165) is 6.07 Å². The number of rotatable bonds is 3. The van der Waals surface area contributed by atoms with E-state index in [0.29, 0.717) is 17.3 Å². The lowest BCUT2D eigenvalue weighted by Crippen LogP contribution is -2.07. The van der Waals surface area contributed by atoms with Gasteiger partial charge in [0, 0.05) is 17.8 Å². The van der Waals surface area contributed by atoms with Crippen molar-refractivity contribution in [2.75, 3.05) is 5.73 Å². The van der Waals surface area contributed by atoms with Gasteiger partial charge in [0.05, 0.1) is 11.7 Å². The Bertz CT molecular complexity index is 617. The molecule has 1 aromatic carbocycles. The highest BCUT2D eigenvalue weighted by Gasteiger charge is 2.30. The molecule has 1 atom stereocenters. The molecule has 0 saturated heterocycles. The van der Waals surface area contributed by atoms with Crippen LogP contribution in [-0.2, 0) is 0 Å². The van der Waals surface area contributed by atoms with Crippen LogP contribution in [-0.4, -0.2) is 9.78 Å². The average Bonchev–Trinajstić information content (AvgIpc) is 3.13. The minimum atomic E-state index is -0.643. The van der Waals surface area contributed by atoms with Crippen LogP contribution in [0.3, 0.4) is 0 Å². The Labute approximate surface area is 110 Å². The second-order valence-corrected chi connectivity index (χ2v) is 5.12. The van der Waals surface area contributed by atoms with Crippen molar-refractivity contribution in [2.24, 2.45) is 5.92 Å². The minimum absolute atomic E-state index is 0.237. The highest BCUT2D eigenvalue weighted by atomic mass is 19.1. The van der Waals surface area contributed by atoms with Crippen LogP contribution < -0.4 is 5.73 Å². The quantitative estimate of drug-likeness (QED) is 0.922. The number of aromatic nitrogens is 2. The molecule has 1 saturated carbocycles. The predicted octanol–water partition coefficient (Wildman–Crippen LogP) is 3.38. The maximum atomic E-state index is 13.8. The molecule has 5 heteroatoms. The fourth-order valence-corrected chi connectivity index (χ4v) is 2.30. The van der Waals surface area contributed by atoms with E-state index < -0.39 is 11.6 Å². The van der Waals surface area contributed by atoms with Crippen molar-refractivity contribution >= 4 is 5.69 Å². The second-order valence-electron chi connectivity index (χ2n) is 5.12. The predicted molar refractivity (Wildman–Crippen MR) is 69.4 cm³/mol. The van der Waals surface area contributed by atoms with Crippen molar-refractivity contribution in [3.05, 3.63) is 36.0 Å². The summed E-state index contributed by atoms with van der Waals surface area (Å²) in [6.07, 6.45) is 4.11. The van der Waals surface area contributed by atoms with Gasteiger partial charge in [-0.2, -0.15) is 5.10 Å². The normalized spacial score (nSPS) is 16.6. The summed E-state index contributed by atoms with van der Waals surface area (Å²) in [6.45, 7) is 2.08. The van der Waals surface area contributed by atoms with E-state index in [4.69, 9.17) is 5.73 Å². The zero-order valence-electron chi connectivity index (χ0n) is 10.6. The summed E-state index contributed by atoms with van der Waals surface area (Å²) in [6, 6.07) is 3.69. The van der Waals surface area contributed by atoms with Crippen LogP contribution in [0.5, 0.6) is 0 Å². The van der Waals surface area contributed by atoms with Gasteiger partial charge >= 0.3 is 0 Å². The van der Waals surface area contributed by atoms with Crippen molar-refractivity contribution < 1.29 is 8.78 Å². The topological polar surface area (TPSA) is 43.8 Å². The van der Waals surface area contributed by atoms with Crippen molar-refractivity contribution in [3.8, 4) is 11.3 Å². The molecule has 2 N–H and O–H groups in total. The Morgan fingerprint density at radius 3 is 2.74 bits per heavy atom. The van der Waals surface area contributed by atoms with Gasteiger partial charge in [0.1, 0.15) is 17.3 Å². The van der Waals surface area contributed by atoms with Crippen molar-refractivity contribution in [1.82, 2.24) is 9.78 Å². The first kappa shape index (κ1) is 12.1. The first-order valence-corrected chi connectivity index (χ1v) is 6.36. The molecule has 100 valence electrons. The summed E-state index contributed by atoms with van der Waals surface area (Å²) in [5.41, 5.74) is 6.93. The fraction of sp³-hybridized carbons (Fsp3) is 0.357. The zero-order valence-corrected chi connectivity index (χ0v) is 10.6. The number of nitrogens with zero attached hydrogens (tertiary/aromatic N) is 2. The third-order valence-electron chi connectivity index (χ3n) is 3.67. The van der Waals surface area contributed by atoms with Crippen molar-refractivity contribution in [3.63, 3.8) is 0 Å². The number of nitrogen functional groups attached to an aromatic ring is 1. The molecule has 2 aromatic rings. The first-order chi connectivity index (χ1) is 9.06. The highest BCUT2D eigenvalue weighted by molar-refractivity contribution is 5.72. The van der Waals surface area contributed by atoms with E-state index in [2.05, 4.69) is 12.0 Å². The number of anilines is 1. The van der Waals surface area contributed by atoms with E-state index in [1.165, 1.54) is 25.0 Å². The van der Waals surface area contributed by atoms with Crippen LogP contribution in [0.1, 0.15) is 25.8 Å². The van der Waals surface area contributed by atoms with Gasteiger partial charge in [-0.1, -0.05) is 0 Å². The van der Waals surface area contributed by atoms with Gasteiger partial charge in [0.25, 0.3) is 0 Å². The number of halogens is 2. The van der Waals surface area contributed by atoms with E-state index in [9.17, 15) is 8.78 Å². The summed E-state index contributed by atoms with van der Waals surface area (Å²) in [4.78, 5) is 0. The van der Waals surface area contributed by atoms with Crippen LogP contribution in [0.2, 0.25) is 0 Å². The van der Waals surface area contributed by atoms with Crippen molar-refractivity contribution in [1.29, 1.82) is 0 Å². The lowest BCUT2D eigenvalue weighted by Gasteiger charge is -2.09. The summed E-state index contributed by atoms with van der Waals surface area (Å²) < 4.78 is 28.4. The molecule has 1 unspecified atom stereocenters. The Morgan fingerprint density at radius 1 is 1.37 bits per heavy atom. The molecular weight excluding hydrogens is 248 g/mol. The molecule has 3 nitrogen and oxygen atoms in total. The van der Waals surface area contributed by atoms with Crippen LogP contribution >= 0.6 is 0 Å². The molecule has 1 fully saturated rings. The van der Waals surface area contributed by atoms with Gasteiger partial charge in [-0.15, -0.1) is 0 Å². The summed E-state index contributed by atoms with van der Waals surface area (Å²) in [5.74, 6) is -0.619. The van der Waals surface area contributed by atoms with Crippen LogP contribution in [0, 0.1) is 17.6 Å². The molecule has 1 heterocycles. The van der Waals surface area contributed by atoms with E-state index >= 15 is 0 Å². The van der Waals surface area contributed by atoms with E-state index in [-0.39, 0.29) is 11.6 Å². The maximum Gasteiger partial charge on any atom is 0.135 e. The third-order valence-corrected chi connectivity index (χ3v) is 3.67. The highest BCUT2D eigenvalue weighted by Crippen LogP contribution is 2.40. The van der Waals surface area contributed by atoms with Gasteiger partial charge in [-0.05, 0) is 37.8 Å². The van der Waals surface area contributed by atoms with Crippen LogP contribution in [0.25, 0.3) is 11.3 Å². The molecule has 0 bridgehead atoms. The van der Waals surface area contributed by atoms with Crippen LogP contribution in [0.4, 0.5) is 14.5 Å². The van der Waals surface area contributed by atoms with Gasteiger partial charge in [0.15, 0.2) is 0 Å². The molecule has 0 radical (unpaired) electrons. The zero-order chi connectivity index (χ0) is 13.6. The van der Waals surface area contributed by atoms with Gasteiger partial charge in [0.2, 0.25) is 0 Å². The van der Waals surface area contributed by atoms with E-state index in [1.807, 2.05) is 0 Å². The van der Waals surface area contributed by atoms with Gasteiger partial charge in [-0.3, -0.25) is 4.68 Å². The van der Waals surface area contributed by atoms with Crippen LogP contribution in [0.15, 0.2) is 24.4 Å². The maximum absolute atomic E-state index is 13.8. The molecule has 19 heavy (non-hydrogen) atoms. The second kappa shape index (κ2) is 4.33. The number of hydrogen-bond acceptors (Lipinski definition) is 2. The third kappa shape index (κ3) is 2.20. The Morgan fingerprint density at radius 2 is 2.11 bits per heavy atom. The Hall–Kier alpha value is -1.91. The summed E-state index contributed by atoms with van der Waals surface area (Å²) in [5, 5.41) is 4.36. The largest absolute Gasteiger partial charge is 0.396 e. The standard InChI is InChI=1S/C14H15F2N3/c1-8(9-2-3-9)19-7-13(17)14(18-19)11-5-4-10(15)6-12(11)16/h4-9H,2-3,17H2,1H3. The first-order valence-electron chi connectivity index (χ1n) is 6.36. The fourth-order valence-electron chi connectivity index (χ4n) is 2.30. The van der Waals surface area contributed by atoms with E-state index in [1.54, 1.807) is 10.9 Å². The molecule has 0 amide bonds. The molecule has 0 spiro atoms. The smallest absolute Gasteiger partial charge is 0.135 e. The summed E-state index contributed by atoms with van der Waals surface area (Å²) >= 11 is 0. The van der Waals surface area contributed by atoms with Crippen molar-refractivity contribution in [2.45, 2.75) is 25.8 Å². The average molecular weight is 263 g/mol. The lowest BCUT2D eigenvalue weighted by molar-refractivity contribution is 0.441. The minimum Gasteiger partial charge on any atom is -0.396 e. The monoisotopic (exact) mass is 263 g/mol. The Kier molecular flexibility index (Phi) is 2.77. The molecule has 3 rings (SSSR count). The molecule has 1 aliphatic rings. The number of benzene rings is 1. The summed E-state index contributed by atoms with van der Waals surface area (Å²) in [7, 11) is 0. The molecule has 1 aliphatic carbocycles. The van der Waals surface area contributed by atoms with Gasteiger partial charge in [-0.25, -0.2) is 8.78 Å². The van der Waals surface area contributed by atoms with Gasteiger partial charge < -0.3 is 5.73 Å². The molecule has 0 aliphatic heterocycles. The number of nitrogens with two attached hydrogens (primary N) is 1. The Balaban J connectivity index is 2.00. The molecular formula is C14H15F2N3. The molecule has 1 aromatic heterocycles. The SMILES string of the molecule is CC(C1CC1)n1cc(N)c(-c2ccc(F)cc2F)n1.